The van der Waals surface area contributed by atoms with Crippen LogP contribution in [0.3, 0.4) is 0 Å². The van der Waals surface area contributed by atoms with Crippen LogP contribution in [0.1, 0.15) is 32.1 Å². The van der Waals surface area contributed by atoms with Gasteiger partial charge in [-0.1, -0.05) is 32.1 Å². The van der Waals surface area contributed by atoms with Gasteiger partial charge in [0.05, 0.1) is 0 Å². The first-order valence-electron chi connectivity index (χ1n) is 2.97. The van der Waals surface area contributed by atoms with Crippen molar-refractivity contribution in [2.45, 2.75) is 32.1 Å². The van der Waals surface area contributed by atoms with Crippen molar-refractivity contribution in [2.75, 3.05) is 0 Å². The van der Waals surface area contributed by atoms with E-state index in [1.54, 1.807) is 0 Å². The van der Waals surface area contributed by atoms with Crippen LogP contribution >= 0.6 is 0 Å². The summed E-state index contributed by atoms with van der Waals surface area (Å²) >= 11 is 0. The molecule has 3 heteroatoms. The van der Waals surface area contributed by atoms with Gasteiger partial charge in [-0.25, -0.2) is 0 Å². The van der Waals surface area contributed by atoms with Crippen molar-refractivity contribution >= 4 is 13.6 Å². The maximum atomic E-state index is 7.75. The molecule has 0 aromatic rings. The van der Waals surface area contributed by atoms with E-state index in [2.05, 4.69) is 13.6 Å². The van der Waals surface area contributed by atoms with E-state index in [-0.39, 0.29) is 34.3 Å². The Hall–Kier alpha value is -0.0366. The predicted molar refractivity (Wildman–Crippen MR) is 49.4 cm³/mol. The molecule has 0 N–H and O–H groups in total. The first kappa shape index (κ1) is 29.7. The van der Waals surface area contributed by atoms with E-state index in [1.165, 1.54) is 32.1 Å². The summed E-state index contributed by atoms with van der Waals surface area (Å²) < 4.78 is 0. The second kappa shape index (κ2) is 44.2. The molecule has 0 bridgehead atoms. The van der Waals surface area contributed by atoms with Crippen molar-refractivity contribution in [2.24, 2.45) is 0 Å². The number of rotatable bonds is 0. The fourth-order valence-electron chi connectivity index (χ4n) is 0.884. The molecule has 1 aliphatic carbocycles. The van der Waals surface area contributed by atoms with Gasteiger partial charge in [0.25, 0.3) is 0 Å². The fraction of sp³-hybridized carbons (Fsp3) is 0.556. The quantitative estimate of drug-likeness (QED) is 0.380. The first-order valence-corrected chi connectivity index (χ1v) is 2.97. The molecule has 0 aliphatic heterocycles. The van der Waals surface area contributed by atoms with Gasteiger partial charge in [-0.05, 0) is 0 Å². The first-order chi connectivity index (χ1) is 4.50. The van der Waals surface area contributed by atoms with Crippen LogP contribution in [-0.4, -0.2) is 13.6 Å². The van der Waals surface area contributed by atoms with Crippen LogP contribution < -0.4 is 0 Å². The SMILES string of the molecule is C1CCCC1.[CH-]=O.[CH-]=O.[CH3-].[CH3-].[Ru+4]. The molecule has 74 valence electrons. The van der Waals surface area contributed by atoms with Crippen LogP contribution in [0.15, 0.2) is 0 Å². The van der Waals surface area contributed by atoms with Gasteiger partial charge >= 0.3 is 19.5 Å². The molecule has 2 nitrogen and oxygen atoms in total. The molecule has 0 unspecified atom stereocenters. The Morgan fingerprint density at radius 1 is 0.583 bits per heavy atom. The molecule has 1 fully saturated rings. The maximum Gasteiger partial charge on any atom is 4.00 e. The number of carbonyl (C=O) groups excluding carboxylic acids is 2. The standard InChI is InChI=1S/C5H10.2CHO.2CH3.Ru/c1-2-4-5-3-1;2*1-2;;;/h1-5H2;2*1H;2*1H3;/q;4*-1;+4. The van der Waals surface area contributed by atoms with Gasteiger partial charge in [0.2, 0.25) is 0 Å². The minimum Gasteiger partial charge on any atom is -0.545 e. The molecule has 12 heavy (non-hydrogen) atoms. The average Bonchev–Trinajstić information content (AvgIpc) is 2.51. The monoisotopic (exact) mass is 260 g/mol. The van der Waals surface area contributed by atoms with Crippen molar-refractivity contribution < 1.29 is 29.1 Å². The molecule has 0 heterocycles. The van der Waals surface area contributed by atoms with Gasteiger partial charge in [0, 0.05) is 0 Å². The summed E-state index contributed by atoms with van der Waals surface area (Å²) in [5.74, 6) is 0. The van der Waals surface area contributed by atoms with E-state index in [1.807, 2.05) is 0 Å². The number of hydrogen-bond acceptors (Lipinski definition) is 2. The molecule has 0 aromatic heterocycles. The van der Waals surface area contributed by atoms with Gasteiger partial charge in [-0.2, -0.15) is 0 Å². The molecule has 0 atom stereocenters. The summed E-state index contributed by atoms with van der Waals surface area (Å²) in [5.41, 5.74) is 0. The van der Waals surface area contributed by atoms with Crippen LogP contribution in [0.25, 0.3) is 0 Å². The zero-order valence-corrected chi connectivity index (χ0v) is 9.60. The van der Waals surface area contributed by atoms with E-state index >= 15 is 0 Å². The third-order valence-electron chi connectivity index (χ3n) is 1.25. The van der Waals surface area contributed by atoms with Gasteiger partial charge in [-0.3, -0.25) is 13.6 Å². The topological polar surface area (TPSA) is 34.1 Å². The number of hydrogen-bond donors (Lipinski definition) is 0. The maximum absolute atomic E-state index is 7.75. The molecule has 1 saturated carbocycles. The summed E-state index contributed by atoms with van der Waals surface area (Å²) in [6.07, 6.45) is 7.50. The predicted octanol–water partition coefficient (Wildman–Crippen LogP) is 2.30. The Morgan fingerprint density at radius 3 is 0.750 bits per heavy atom. The Labute approximate surface area is 89.9 Å². The molecular formula is C9H18O2Ru. The van der Waals surface area contributed by atoms with Crippen LogP contribution in [0.2, 0.25) is 0 Å². The second-order valence-electron chi connectivity index (χ2n) is 1.77. The van der Waals surface area contributed by atoms with Gasteiger partial charge in [0.1, 0.15) is 0 Å². The zero-order chi connectivity index (χ0) is 7.54. The van der Waals surface area contributed by atoms with E-state index in [9.17, 15) is 0 Å². The van der Waals surface area contributed by atoms with Crippen molar-refractivity contribution in [3.63, 3.8) is 0 Å². The third-order valence-corrected chi connectivity index (χ3v) is 1.25. The van der Waals surface area contributed by atoms with Crippen LogP contribution in [0.5, 0.6) is 0 Å². The Balaban J connectivity index is -0.0000000213. The summed E-state index contributed by atoms with van der Waals surface area (Å²) in [6, 6.07) is 0. The molecular weight excluding hydrogens is 241 g/mol. The Bertz CT molecular complexity index is 38.2. The molecule has 1 aliphatic rings. The average molecular weight is 259 g/mol. The Kier molecular flexibility index (Phi) is 109. The summed E-state index contributed by atoms with van der Waals surface area (Å²) in [5, 5.41) is 0. The third kappa shape index (κ3) is 32.5. The van der Waals surface area contributed by atoms with Crippen molar-refractivity contribution in [3.8, 4) is 0 Å². The molecule has 0 amide bonds. The Morgan fingerprint density at radius 2 is 0.667 bits per heavy atom. The van der Waals surface area contributed by atoms with Gasteiger partial charge in [0.15, 0.2) is 0 Å². The van der Waals surface area contributed by atoms with Crippen molar-refractivity contribution in [3.05, 3.63) is 14.9 Å². The van der Waals surface area contributed by atoms with E-state index in [0.29, 0.717) is 0 Å². The van der Waals surface area contributed by atoms with E-state index < -0.39 is 0 Å². The fourth-order valence-corrected chi connectivity index (χ4v) is 0.884. The van der Waals surface area contributed by atoms with Crippen molar-refractivity contribution in [1.82, 2.24) is 0 Å². The summed E-state index contributed by atoms with van der Waals surface area (Å²) in [4.78, 5) is 15.5. The zero-order valence-electron chi connectivity index (χ0n) is 7.86. The van der Waals surface area contributed by atoms with Crippen LogP contribution in [-0.2, 0) is 29.1 Å². The molecule has 0 saturated heterocycles. The minimum atomic E-state index is 0. The van der Waals surface area contributed by atoms with E-state index in [0.717, 1.165) is 0 Å². The smallest absolute Gasteiger partial charge is 0.545 e. The molecule has 0 radical (unpaired) electrons. The summed E-state index contributed by atoms with van der Waals surface area (Å²) in [6.45, 7) is 6.50. The largest absolute Gasteiger partial charge is 4.00 e. The van der Waals surface area contributed by atoms with Crippen LogP contribution in [0, 0.1) is 14.9 Å². The second-order valence-corrected chi connectivity index (χ2v) is 1.77. The summed E-state index contributed by atoms with van der Waals surface area (Å²) in [7, 11) is 0. The molecule has 0 spiro atoms. The van der Waals surface area contributed by atoms with E-state index in [4.69, 9.17) is 9.59 Å². The van der Waals surface area contributed by atoms with Crippen molar-refractivity contribution in [1.29, 1.82) is 0 Å². The normalized spacial score (nSPS) is 10.7. The van der Waals surface area contributed by atoms with Gasteiger partial charge < -0.3 is 24.4 Å². The van der Waals surface area contributed by atoms with Gasteiger partial charge in [-0.15, -0.1) is 0 Å². The molecule has 0 aromatic carbocycles. The minimum absolute atomic E-state index is 0. The molecule has 1 rings (SSSR count). The van der Waals surface area contributed by atoms with Crippen LogP contribution in [0.4, 0.5) is 0 Å².